The zero-order valence-corrected chi connectivity index (χ0v) is 20.5. The maximum atomic E-state index is 12.4. The molecule has 3 atom stereocenters. The van der Waals surface area contributed by atoms with Crippen LogP contribution < -0.4 is 4.74 Å². The van der Waals surface area contributed by atoms with Gasteiger partial charge < -0.3 is 19.3 Å². The van der Waals surface area contributed by atoms with E-state index in [1.807, 2.05) is 60.7 Å². The SMILES string of the molecule is O=C1OCc2c1cc1ccc(OCc3cccc(C4(O)C[C@H]5CC[C@@H](C4)O5)c3)cc1c2-c1ccccc1. The second-order valence-electron chi connectivity index (χ2n) is 10.5. The second kappa shape index (κ2) is 8.72. The van der Waals surface area contributed by atoms with Gasteiger partial charge in [-0.2, -0.15) is 0 Å². The number of carbonyl (C=O) groups is 1. The van der Waals surface area contributed by atoms with Gasteiger partial charge in [0.15, 0.2) is 0 Å². The molecule has 4 aromatic carbocycles. The maximum absolute atomic E-state index is 12.4. The number of carbonyl (C=O) groups excluding carboxylic acids is 1. The topological polar surface area (TPSA) is 65.0 Å². The molecule has 0 radical (unpaired) electrons. The van der Waals surface area contributed by atoms with Crippen LogP contribution in [0.2, 0.25) is 0 Å². The quantitative estimate of drug-likeness (QED) is 0.332. The Hall–Kier alpha value is -3.67. The van der Waals surface area contributed by atoms with Crippen molar-refractivity contribution in [3.05, 3.63) is 101 Å². The Labute approximate surface area is 215 Å². The van der Waals surface area contributed by atoms with Gasteiger partial charge in [0.1, 0.15) is 19.0 Å². The molecule has 1 unspecified atom stereocenters. The van der Waals surface area contributed by atoms with Crippen LogP contribution >= 0.6 is 0 Å². The van der Waals surface area contributed by atoms with Crippen molar-refractivity contribution in [1.29, 1.82) is 0 Å². The largest absolute Gasteiger partial charge is 0.489 e. The van der Waals surface area contributed by atoms with Gasteiger partial charge in [-0.3, -0.25) is 0 Å². The van der Waals surface area contributed by atoms with Gasteiger partial charge in [-0.15, -0.1) is 0 Å². The fourth-order valence-corrected chi connectivity index (χ4v) is 6.26. The van der Waals surface area contributed by atoms with Crippen molar-refractivity contribution in [1.82, 2.24) is 0 Å². The number of aliphatic hydroxyl groups is 1. The van der Waals surface area contributed by atoms with Gasteiger partial charge in [-0.05, 0) is 70.1 Å². The van der Waals surface area contributed by atoms with E-state index in [2.05, 4.69) is 18.2 Å². The summed E-state index contributed by atoms with van der Waals surface area (Å²) in [4.78, 5) is 12.4. The van der Waals surface area contributed by atoms with Crippen LogP contribution in [0.3, 0.4) is 0 Å². The molecule has 0 aromatic heterocycles. The number of benzene rings is 4. The van der Waals surface area contributed by atoms with E-state index in [9.17, 15) is 9.90 Å². The van der Waals surface area contributed by atoms with E-state index in [1.54, 1.807) is 0 Å². The Bertz CT molecular complexity index is 1500. The summed E-state index contributed by atoms with van der Waals surface area (Å²) in [6.07, 6.45) is 3.68. The minimum atomic E-state index is -0.840. The summed E-state index contributed by atoms with van der Waals surface area (Å²) in [6, 6.07) is 26.1. The van der Waals surface area contributed by atoms with Crippen molar-refractivity contribution in [2.45, 2.75) is 56.7 Å². The van der Waals surface area contributed by atoms with Crippen LogP contribution in [0, 0.1) is 0 Å². The predicted octanol–water partition coefficient (Wildman–Crippen LogP) is 6.29. The van der Waals surface area contributed by atoms with Crippen molar-refractivity contribution >= 4 is 16.7 Å². The molecule has 0 spiro atoms. The molecule has 7 rings (SSSR count). The molecular weight excluding hydrogens is 464 g/mol. The molecule has 0 aliphatic carbocycles. The van der Waals surface area contributed by atoms with E-state index >= 15 is 0 Å². The van der Waals surface area contributed by atoms with Gasteiger partial charge in [0, 0.05) is 18.4 Å². The highest BCUT2D eigenvalue weighted by molar-refractivity contribution is 6.07. The summed E-state index contributed by atoms with van der Waals surface area (Å²) in [7, 11) is 0. The smallest absolute Gasteiger partial charge is 0.338 e. The van der Waals surface area contributed by atoms with Crippen LogP contribution in [0.5, 0.6) is 5.75 Å². The summed E-state index contributed by atoms with van der Waals surface area (Å²) in [5.74, 6) is 0.483. The van der Waals surface area contributed by atoms with E-state index < -0.39 is 5.60 Å². The molecule has 37 heavy (non-hydrogen) atoms. The molecule has 5 heteroatoms. The summed E-state index contributed by atoms with van der Waals surface area (Å²) >= 11 is 0. The molecule has 2 bridgehead atoms. The fourth-order valence-electron chi connectivity index (χ4n) is 6.26. The van der Waals surface area contributed by atoms with Crippen LogP contribution in [0.1, 0.15) is 52.7 Å². The van der Waals surface area contributed by atoms with Gasteiger partial charge in [0.25, 0.3) is 0 Å². The Morgan fingerprint density at radius 3 is 2.54 bits per heavy atom. The van der Waals surface area contributed by atoms with Crippen molar-refractivity contribution in [3.63, 3.8) is 0 Å². The van der Waals surface area contributed by atoms with Gasteiger partial charge >= 0.3 is 5.97 Å². The first-order chi connectivity index (χ1) is 18.1. The van der Waals surface area contributed by atoms with Crippen LogP contribution in [0.25, 0.3) is 21.9 Å². The lowest BCUT2D eigenvalue weighted by atomic mass is 9.83. The number of rotatable bonds is 5. The average Bonchev–Trinajstić information content (AvgIpc) is 3.47. The lowest BCUT2D eigenvalue weighted by molar-refractivity contribution is -0.115. The summed E-state index contributed by atoms with van der Waals surface area (Å²) in [5.41, 5.74) is 4.74. The predicted molar refractivity (Wildman–Crippen MR) is 140 cm³/mol. The highest BCUT2D eigenvalue weighted by Crippen LogP contribution is 2.44. The highest BCUT2D eigenvalue weighted by atomic mass is 16.5. The Kier molecular flexibility index (Phi) is 5.31. The minimum Gasteiger partial charge on any atom is -0.489 e. The number of fused-ring (bicyclic) bond motifs is 4. The number of hydrogen-bond donors (Lipinski definition) is 1. The molecular formula is C32H28O5. The first-order valence-electron chi connectivity index (χ1n) is 13.0. The molecule has 5 nitrogen and oxygen atoms in total. The molecule has 4 aromatic rings. The van der Waals surface area contributed by atoms with Gasteiger partial charge in [-0.25, -0.2) is 4.79 Å². The van der Waals surface area contributed by atoms with Crippen LogP contribution in [0.15, 0.2) is 78.9 Å². The molecule has 3 aliphatic heterocycles. The van der Waals surface area contributed by atoms with Crippen molar-refractivity contribution < 1.29 is 24.1 Å². The van der Waals surface area contributed by atoms with Crippen molar-refractivity contribution in [2.75, 3.05) is 0 Å². The van der Waals surface area contributed by atoms with E-state index in [4.69, 9.17) is 14.2 Å². The summed E-state index contributed by atoms with van der Waals surface area (Å²) < 4.78 is 17.6. The molecule has 3 aliphatic rings. The Morgan fingerprint density at radius 2 is 1.73 bits per heavy atom. The number of ether oxygens (including phenoxy) is 3. The molecule has 0 amide bonds. The lowest BCUT2D eigenvalue weighted by Crippen LogP contribution is -2.38. The third kappa shape index (κ3) is 3.99. The van der Waals surface area contributed by atoms with Crippen molar-refractivity contribution in [2.24, 2.45) is 0 Å². The maximum Gasteiger partial charge on any atom is 0.338 e. The van der Waals surface area contributed by atoms with Gasteiger partial charge in [-0.1, -0.05) is 54.6 Å². The monoisotopic (exact) mass is 492 g/mol. The summed E-state index contributed by atoms with van der Waals surface area (Å²) in [5, 5.41) is 13.4. The fraction of sp³-hybridized carbons (Fsp3) is 0.281. The summed E-state index contributed by atoms with van der Waals surface area (Å²) in [6.45, 7) is 0.674. The first-order valence-corrected chi connectivity index (χ1v) is 13.0. The van der Waals surface area contributed by atoms with Gasteiger partial charge in [0.2, 0.25) is 0 Å². The Morgan fingerprint density at radius 1 is 0.919 bits per heavy atom. The zero-order chi connectivity index (χ0) is 25.0. The standard InChI is InChI=1S/C32H28O5/c33-31-28-14-22-9-10-24(15-27(22)30(29(28)19-36-31)21-6-2-1-3-7-21)35-18-20-5-4-8-23(13-20)32(34)16-25-11-12-26(17-32)37-25/h1-10,13-15,25-26,34H,11-12,16-19H2/t25-,26+,32?. The van der Waals surface area contributed by atoms with E-state index in [0.29, 0.717) is 25.0 Å². The van der Waals surface area contributed by atoms with Crippen LogP contribution in [0.4, 0.5) is 0 Å². The Balaban J connectivity index is 1.19. The second-order valence-corrected chi connectivity index (χ2v) is 10.5. The van der Waals surface area contributed by atoms with E-state index in [1.165, 1.54) is 0 Å². The van der Waals surface area contributed by atoms with Crippen LogP contribution in [-0.2, 0) is 28.3 Å². The van der Waals surface area contributed by atoms with E-state index in [0.717, 1.165) is 57.2 Å². The van der Waals surface area contributed by atoms with E-state index in [-0.39, 0.29) is 24.8 Å². The molecule has 0 saturated carbocycles. The number of hydrogen-bond acceptors (Lipinski definition) is 5. The third-order valence-corrected chi connectivity index (χ3v) is 8.05. The number of esters is 1. The van der Waals surface area contributed by atoms with Crippen LogP contribution in [-0.4, -0.2) is 23.3 Å². The molecule has 2 fully saturated rings. The number of cyclic esters (lactones) is 1. The normalized spacial score (nSPS) is 24.2. The first kappa shape index (κ1) is 22.5. The molecule has 3 heterocycles. The lowest BCUT2D eigenvalue weighted by Gasteiger charge is -2.37. The highest BCUT2D eigenvalue weighted by Gasteiger charge is 2.44. The zero-order valence-electron chi connectivity index (χ0n) is 20.5. The molecule has 1 N–H and O–H groups in total. The average molecular weight is 493 g/mol. The molecule has 186 valence electrons. The third-order valence-electron chi connectivity index (χ3n) is 8.05. The molecule has 2 saturated heterocycles. The minimum absolute atomic E-state index is 0.155. The van der Waals surface area contributed by atoms with Gasteiger partial charge in [0.05, 0.1) is 23.4 Å². The van der Waals surface area contributed by atoms with Crippen molar-refractivity contribution in [3.8, 4) is 16.9 Å².